The quantitative estimate of drug-likeness (QED) is 0.0125. The van der Waals surface area contributed by atoms with Crippen molar-refractivity contribution in [3.8, 4) is 0 Å². The number of hydrogen-bond donors (Lipinski definition) is 10. The number of piperazine rings is 1. The van der Waals surface area contributed by atoms with Gasteiger partial charge in [-0.2, -0.15) is 0 Å². The Morgan fingerprint density at radius 1 is 0.283 bits per heavy atom. The van der Waals surface area contributed by atoms with Crippen molar-refractivity contribution in [3.05, 3.63) is 143 Å². The average Bonchev–Trinajstić information content (AvgIpc) is 0.766. The Bertz CT molecular complexity index is 5230. The molecule has 34 heteroatoms. The van der Waals surface area contributed by atoms with E-state index in [2.05, 4.69) is 215 Å². The van der Waals surface area contributed by atoms with E-state index in [9.17, 15) is 67.1 Å². The normalized spacial score (nSPS) is 14.1. The van der Waals surface area contributed by atoms with E-state index < -0.39 is 43.4 Å². The number of piperidine rings is 1. The van der Waals surface area contributed by atoms with Crippen LogP contribution in [0.3, 0.4) is 0 Å². The maximum Gasteiger partial charge on any atom is 0.253 e. The summed E-state index contributed by atoms with van der Waals surface area (Å²) < 4.78 is 20.3. The molecular weight excluding hydrogens is 1760 g/mol. The molecule has 0 saturated carbocycles. The lowest BCUT2D eigenvalue weighted by molar-refractivity contribution is 0.122. The Hall–Kier alpha value is -9.48. The fraction of sp³-hybridized carbons (Fsp3) is 0.731. The lowest BCUT2D eigenvalue weighted by Crippen LogP contribution is -2.50. The van der Waals surface area contributed by atoms with Gasteiger partial charge in [0.15, 0.2) is 0 Å². The van der Waals surface area contributed by atoms with Gasteiger partial charge in [0.05, 0.1) is 33.0 Å². The highest BCUT2D eigenvalue weighted by atomic mass is 16.5. The Labute approximate surface area is 819 Å². The smallest absolute Gasteiger partial charge is 0.253 e. The number of nitrogen functional groups attached to an aromatic ring is 1. The van der Waals surface area contributed by atoms with Gasteiger partial charge in [0.1, 0.15) is 79.6 Å². The Kier molecular flexibility index (Phi) is 49.8. The van der Waals surface area contributed by atoms with Crippen LogP contribution in [0, 0.1) is 37.9 Å². The molecule has 3 saturated heterocycles. The second-order valence-corrected chi connectivity index (χ2v) is 45.5. The Morgan fingerprint density at radius 3 is 0.833 bits per heavy atom. The molecule has 11 N–H and O–H groups in total. The van der Waals surface area contributed by atoms with Crippen LogP contribution in [0.25, 0.3) is 0 Å². The van der Waals surface area contributed by atoms with Crippen molar-refractivity contribution in [3.63, 3.8) is 0 Å². The minimum Gasteiger partial charge on any atom is -0.394 e. The second kappa shape index (κ2) is 56.8. The van der Waals surface area contributed by atoms with Crippen molar-refractivity contribution in [2.75, 3.05) is 280 Å². The Morgan fingerprint density at radius 2 is 0.536 bits per heavy atom. The number of nitrogens with two attached hydrogens (primary N) is 1. The van der Waals surface area contributed by atoms with Crippen LogP contribution in [0.5, 0.6) is 0 Å². The molecule has 3 aliphatic heterocycles. The second-order valence-electron chi connectivity index (χ2n) is 45.5. The van der Waals surface area contributed by atoms with Crippen molar-refractivity contribution in [2.24, 2.45) is 37.9 Å². The van der Waals surface area contributed by atoms with E-state index in [0.717, 1.165) is 175 Å². The molecule has 0 radical (unpaired) electrons. The third-order valence-corrected chi connectivity index (χ3v) is 23.9. The summed E-state index contributed by atoms with van der Waals surface area (Å²) in [5.41, 5.74) is 8.31. The SMILES string of the molecule is CC(C)(C)CCCNc1c(N)c(=O)c1=O.CC(C)(C)CCCNc1c(N2CCCCC2)c(=O)c1=O.CC(C)(C)CCCNc1c(N2CCOCC2)c(=O)c1=O.CN(C)CCNc1c(NCCCC(C)(C)C)c(=O)c1=O.CN1CCN(c2c(NCCCC(C)(C)C)c(=O)c2=O)CC1.COCCN(CCOC)c1c(NCCCC(C)(C)C)c(=O)c1=O.COCCNc1c(NCCCC(C)(C)C)c(=O)c1=O. The molecular formula is C104H176N16O18. The highest BCUT2D eigenvalue weighted by Crippen LogP contribution is 2.31. The molecule has 0 bridgehead atoms. The number of morpholine rings is 1. The van der Waals surface area contributed by atoms with Gasteiger partial charge in [-0.05, 0) is 168 Å². The lowest BCUT2D eigenvalue weighted by atomic mass is 9.90. The van der Waals surface area contributed by atoms with Gasteiger partial charge in [-0.3, -0.25) is 67.1 Å². The van der Waals surface area contributed by atoms with Crippen LogP contribution in [-0.2, 0) is 18.9 Å². The van der Waals surface area contributed by atoms with E-state index in [0.29, 0.717) is 193 Å². The number of likely N-dealkylation sites (N-methyl/N-ethyl adjacent to an activating group) is 2. The van der Waals surface area contributed by atoms with Gasteiger partial charge < -0.3 is 102 Å². The lowest BCUT2D eigenvalue weighted by Gasteiger charge is -2.35. The van der Waals surface area contributed by atoms with Crippen molar-refractivity contribution >= 4 is 79.6 Å². The average molecular weight is 1940 g/mol. The molecule has 780 valence electrons. The number of hydrogen-bond acceptors (Lipinski definition) is 34. The van der Waals surface area contributed by atoms with Crippen LogP contribution >= 0.6 is 0 Å². The first kappa shape index (κ1) is 121. The van der Waals surface area contributed by atoms with Crippen molar-refractivity contribution in [1.29, 1.82) is 0 Å². The van der Waals surface area contributed by atoms with Gasteiger partial charge in [-0.15, -0.1) is 0 Å². The molecule has 7 aromatic rings. The fourth-order valence-corrected chi connectivity index (χ4v) is 15.6. The molecule has 0 unspecified atom stereocenters. The van der Waals surface area contributed by atoms with E-state index in [-0.39, 0.29) is 49.1 Å². The molecule has 3 aliphatic rings. The maximum absolute atomic E-state index is 12.0. The standard InChI is InChI=1S/C17H30N2O4.C16H27N3O2.C16H26N2O2.C15H27N3O2.C15H24N2O3.C14H24N2O3.C11H18N2O2/c1-17(2,3)7-6-8-18-13-14(16(21)15(13)20)19(9-11-22-4)10-12-23-5;1-16(2,3)6-5-7-17-12-13(15(21)14(12)20)19-10-8-18(4)9-11-19;1-16(2,3)8-7-9-17-12-13(15(20)14(12)19)18-10-5-4-6-11-18;1-15(2,3)7-6-8-16-11-12(14(20)13(11)19)17-9-10-18(4)5;1-15(2,3)5-4-6-16-11-12(14(19)13(11)18)17-7-9-20-10-8-17;1-14(2,3)6-5-7-15-10-11(13(18)12(10)17)16-8-9-19-4;1-11(2,3)5-4-6-13-8-7(12)9(14)10(8)15/h18H,6-12H2,1-5H3;17H,5-11H2,1-4H3;17H,4-11H2,1-3H3;16-17H,6-10H2,1-5H3;16H,4-10H2,1-3H3;15-16H,5-9H2,1-4H3;13H,4-6,12H2,1-3H3. The van der Waals surface area contributed by atoms with Crippen molar-refractivity contribution in [1.82, 2.24) is 9.80 Å². The molecule has 10 rings (SSSR count). The summed E-state index contributed by atoms with van der Waals surface area (Å²) in [6.07, 6.45) is 17.9. The predicted molar refractivity (Wildman–Crippen MR) is 576 cm³/mol. The van der Waals surface area contributed by atoms with Crippen molar-refractivity contribution < 1.29 is 18.9 Å². The summed E-state index contributed by atoms with van der Waals surface area (Å²) in [4.78, 5) is 174. The van der Waals surface area contributed by atoms with Crippen LogP contribution in [0.1, 0.15) is 255 Å². The van der Waals surface area contributed by atoms with E-state index in [1.807, 2.05) is 28.8 Å². The third kappa shape index (κ3) is 41.4. The summed E-state index contributed by atoms with van der Waals surface area (Å²) in [6, 6.07) is 0. The minimum atomic E-state index is -0.562. The summed E-state index contributed by atoms with van der Waals surface area (Å²) in [5, 5.41) is 27.7. The maximum atomic E-state index is 12.0. The number of nitrogens with one attached hydrogen (secondary N) is 9. The van der Waals surface area contributed by atoms with Crippen LogP contribution in [0.4, 0.5) is 79.6 Å². The molecule has 0 aromatic heterocycles. The van der Waals surface area contributed by atoms with Gasteiger partial charge in [0.2, 0.25) is 0 Å². The summed E-state index contributed by atoms with van der Waals surface area (Å²) in [7, 11) is 10.8. The van der Waals surface area contributed by atoms with E-state index in [1.165, 1.54) is 6.42 Å². The van der Waals surface area contributed by atoms with Gasteiger partial charge >= 0.3 is 0 Å². The molecule has 0 amide bonds. The van der Waals surface area contributed by atoms with Gasteiger partial charge in [-0.1, -0.05) is 145 Å². The highest BCUT2D eigenvalue weighted by molar-refractivity contribution is 5.79. The van der Waals surface area contributed by atoms with E-state index in [4.69, 9.17) is 24.7 Å². The molecule has 3 heterocycles. The van der Waals surface area contributed by atoms with Crippen LogP contribution in [0.2, 0.25) is 0 Å². The number of ether oxygens (including phenoxy) is 4. The van der Waals surface area contributed by atoms with Crippen molar-refractivity contribution in [2.45, 2.75) is 255 Å². The van der Waals surface area contributed by atoms with Gasteiger partial charge in [0.25, 0.3) is 76.0 Å². The first-order valence-electron chi connectivity index (χ1n) is 49.9. The summed E-state index contributed by atoms with van der Waals surface area (Å²) in [5.74, 6) is 0. The van der Waals surface area contributed by atoms with Crippen LogP contribution in [-0.4, -0.2) is 216 Å². The molecule has 0 spiro atoms. The third-order valence-electron chi connectivity index (χ3n) is 23.9. The summed E-state index contributed by atoms with van der Waals surface area (Å²) in [6.45, 7) is 63.6. The fourth-order valence-electron chi connectivity index (χ4n) is 15.6. The monoisotopic (exact) mass is 1940 g/mol. The highest BCUT2D eigenvalue weighted by Gasteiger charge is 2.33. The summed E-state index contributed by atoms with van der Waals surface area (Å²) >= 11 is 0. The number of anilines is 14. The van der Waals surface area contributed by atoms with Crippen LogP contribution < -0.4 is 149 Å². The topological polar surface area (TPSA) is 430 Å². The first-order chi connectivity index (χ1) is 64.3. The van der Waals surface area contributed by atoms with E-state index >= 15 is 0 Å². The number of nitrogens with zero attached hydrogens (tertiary/aromatic N) is 6. The zero-order valence-corrected chi connectivity index (χ0v) is 89.3. The number of methoxy groups -OCH3 is 3. The molecule has 34 nitrogen and oxygen atoms in total. The molecule has 0 atom stereocenters. The predicted octanol–water partition coefficient (Wildman–Crippen LogP) is 10.9. The zero-order valence-electron chi connectivity index (χ0n) is 89.3. The largest absolute Gasteiger partial charge is 0.394 e. The Balaban J connectivity index is 0.000000337. The zero-order chi connectivity index (χ0) is 104. The van der Waals surface area contributed by atoms with Gasteiger partial charge in [0, 0.05) is 152 Å². The molecule has 0 aliphatic carbocycles. The molecule has 7 aromatic carbocycles. The van der Waals surface area contributed by atoms with Gasteiger partial charge in [-0.25, -0.2) is 0 Å². The molecule has 3 fully saturated rings. The van der Waals surface area contributed by atoms with Crippen LogP contribution in [0.15, 0.2) is 67.1 Å². The minimum absolute atomic E-state index is 0.0794. The first-order valence-corrected chi connectivity index (χ1v) is 49.9. The number of rotatable bonds is 46. The molecule has 138 heavy (non-hydrogen) atoms. The van der Waals surface area contributed by atoms with E-state index in [1.54, 1.807) is 21.3 Å².